The Morgan fingerprint density at radius 3 is 2.50 bits per heavy atom. The Balaban J connectivity index is 4.29. The van der Waals surface area contributed by atoms with E-state index in [2.05, 4.69) is 5.43 Å². The third-order valence-corrected chi connectivity index (χ3v) is 2.07. The Morgan fingerprint density at radius 1 is 1.57 bits per heavy atom. The summed E-state index contributed by atoms with van der Waals surface area (Å²) in [4.78, 5) is 11.3. The van der Waals surface area contributed by atoms with Crippen molar-refractivity contribution in [1.29, 1.82) is 0 Å². The number of hydrazine groups is 1. The van der Waals surface area contributed by atoms with Crippen molar-refractivity contribution in [3.05, 3.63) is 0 Å². The number of carbonyl (C=O) groups excluding carboxylic acids is 1. The highest BCUT2D eigenvalue weighted by Gasteiger charge is 2.26. The molecule has 0 rings (SSSR count). The van der Waals surface area contributed by atoms with E-state index in [-0.39, 0.29) is 18.1 Å². The molecular formula is C9H20N2O3. The SMILES string of the molecule is CCC(C)(C)OC(COC)C(=O)NN. The summed E-state index contributed by atoms with van der Waals surface area (Å²) in [6, 6.07) is 0. The van der Waals surface area contributed by atoms with Gasteiger partial charge in [0.1, 0.15) is 0 Å². The minimum Gasteiger partial charge on any atom is -0.381 e. The van der Waals surface area contributed by atoms with E-state index in [0.29, 0.717) is 0 Å². The quantitative estimate of drug-likeness (QED) is 0.368. The first kappa shape index (κ1) is 13.4. The van der Waals surface area contributed by atoms with E-state index in [1.807, 2.05) is 20.8 Å². The summed E-state index contributed by atoms with van der Waals surface area (Å²) >= 11 is 0. The molecule has 1 atom stereocenters. The minimum atomic E-state index is -0.653. The predicted octanol–water partition coefficient (Wildman–Crippen LogP) is 0.197. The van der Waals surface area contributed by atoms with Gasteiger partial charge in [-0.2, -0.15) is 0 Å². The van der Waals surface area contributed by atoms with Crippen molar-refractivity contribution in [3.8, 4) is 0 Å². The molecule has 0 saturated carbocycles. The van der Waals surface area contributed by atoms with Crippen LogP contribution in [-0.2, 0) is 14.3 Å². The molecule has 0 aromatic carbocycles. The molecule has 0 aliphatic rings. The molecule has 0 heterocycles. The van der Waals surface area contributed by atoms with Crippen LogP contribution in [0, 0.1) is 0 Å². The van der Waals surface area contributed by atoms with Crippen molar-refractivity contribution in [3.63, 3.8) is 0 Å². The van der Waals surface area contributed by atoms with Crippen LogP contribution < -0.4 is 11.3 Å². The van der Waals surface area contributed by atoms with Gasteiger partial charge in [-0.3, -0.25) is 10.2 Å². The summed E-state index contributed by atoms with van der Waals surface area (Å²) in [5, 5.41) is 0. The van der Waals surface area contributed by atoms with Crippen molar-refractivity contribution >= 4 is 5.91 Å². The van der Waals surface area contributed by atoms with Crippen molar-refractivity contribution in [2.75, 3.05) is 13.7 Å². The normalized spacial score (nSPS) is 13.8. The van der Waals surface area contributed by atoms with E-state index in [4.69, 9.17) is 15.3 Å². The van der Waals surface area contributed by atoms with Crippen LogP contribution in [0.5, 0.6) is 0 Å². The second-order valence-corrected chi connectivity index (χ2v) is 3.68. The van der Waals surface area contributed by atoms with E-state index < -0.39 is 6.10 Å². The monoisotopic (exact) mass is 204 g/mol. The summed E-state index contributed by atoms with van der Waals surface area (Å²) in [5.74, 6) is 4.66. The highest BCUT2D eigenvalue weighted by atomic mass is 16.5. The number of hydrogen-bond acceptors (Lipinski definition) is 4. The molecule has 0 aromatic rings. The van der Waals surface area contributed by atoms with E-state index in [1.54, 1.807) is 0 Å². The molecule has 0 bridgehead atoms. The molecule has 0 aliphatic heterocycles. The molecule has 14 heavy (non-hydrogen) atoms. The summed E-state index contributed by atoms with van der Waals surface area (Å²) in [7, 11) is 1.51. The lowest BCUT2D eigenvalue weighted by Gasteiger charge is -2.28. The van der Waals surface area contributed by atoms with Crippen molar-refractivity contribution in [1.82, 2.24) is 5.43 Å². The lowest BCUT2D eigenvalue weighted by atomic mass is 10.1. The van der Waals surface area contributed by atoms with Gasteiger partial charge in [0.25, 0.3) is 5.91 Å². The molecule has 0 saturated heterocycles. The number of nitrogens with two attached hydrogens (primary N) is 1. The van der Waals surface area contributed by atoms with Crippen LogP contribution >= 0.6 is 0 Å². The molecule has 1 unspecified atom stereocenters. The number of ether oxygens (including phenoxy) is 2. The van der Waals surface area contributed by atoms with Gasteiger partial charge in [-0.15, -0.1) is 0 Å². The second-order valence-electron chi connectivity index (χ2n) is 3.68. The second kappa shape index (κ2) is 5.95. The Bertz CT molecular complexity index is 183. The lowest BCUT2D eigenvalue weighted by molar-refractivity contribution is -0.150. The van der Waals surface area contributed by atoms with E-state index in [0.717, 1.165) is 6.42 Å². The maximum Gasteiger partial charge on any atom is 0.265 e. The van der Waals surface area contributed by atoms with Crippen LogP contribution in [0.3, 0.4) is 0 Å². The van der Waals surface area contributed by atoms with Crippen LogP contribution in [0.25, 0.3) is 0 Å². The average Bonchev–Trinajstić information content (AvgIpc) is 2.16. The number of hydrogen-bond donors (Lipinski definition) is 2. The zero-order valence-electron chi connectivity index (χ0n) is 9.29. The largest absolute Gasteiger partial charge is 0.381 e. The van der Waals surface area contributed by atoms with Crippen molar-refractivity contribution in [2.45, 2.75) is 38.9 Å². The first-order valence-corrected chi connectivity index (χ1v) is 4.64. The van der Waals surface area contributed by atoms with Crippen molar-refractivity contribution in [2.24, 2.45) is 5.84 Å². The molecule has 0 aliphatic carbocycles. The summed E-state index contributed by atoms with van der Waals surface area (Å²) < 4.78 is 10.4. The van der Waals surface area contributed by atoms with Gasteiger partial charge in [0.2, 0.25) is 0 Å². The molecular weight excluding hydrogens is 184 g/mol. The van der Waals surface area contributed by atoms with Crippen LogP contribution in [0.4, 0.5) is 0 Å². The zero-order valence-corrected chi connectivity index (χ0v) is 9.29. The van der Waals surface area contributed by atoms with E-state index in [9.17, 15) is 4.79 Å². The topological polar surface area (TPSA) is 73.6 Å². The van der Waals surface area contributed by atoms with Crippen LogP contribution in [0.15, 0.2) is 0 Å². The first-order valence-electron chi connectivity index (χ1n) is 4.64. The van der Waals surface area contributed by atoms with Gasteiger partial charge in [0, 0.05) is 7.11 Å². The third-order valence-electron chi connectivity index (χ3n) is 2.07. The zero-order chi connectivity index (χ0) is 11.2. The highest BCUT2D eigenvalue weighted by Crippen LogP contribution is 2.16. The van der Waals surface area contributed by atoms with Crippen LogP contribution in [-0.4, -0.2) is 31.3 Å². The third kappa shape index (κ3) is 4.55. The molecule has 1 amide bonds. The number of methoxy groups -OCH3 is 1. The standard InChI is InChI=1S/C9H20N2O3/c1-5-9(2,3)14-7(6-13-4)8(12)11-10/h7H,5-6,10H2,1-4H3,(H,11,12). The Labute approximate surface area is 84.9 Å². The molecule has 0 fully saturated rings. The maximum absolute atomic E-state index is 11.3. The van der Waals surface area contributed by atoms with Gasteiger partial charge in [0.15, 0.2) is 6.10 Å². The summed E-state index contributed by atoms with van der Waals surface area (Å²) in [6.07, 6.45) is 0.158. The fourth-order valence-corrected chi connectivity index (χ4v) is 0.876. The van der Waals surface area contributed by atoms with Gasteiger partial charge in [0.05, 0.1) is 12.2 Å². The van der Waals surface area contributed by atoms with Crippen molar-refractivity contribution < 1.29 is 14.3 Å². The summed E-state index contributed by atoms with van der Waals surface area (Å²) in [6.45, 7) is 6.02. The van der Waals surface area contributed by atoms with Gasteiger partial charge in [-0.05, 0) is 20.3 Å². The molecule has 5 heteroatoms. The van der Waals surface area contributed by atoms with Gasteiger partial charge < -0.3 is 9.47 Å². The molecule has 84 valence electrons. The van der Waals surface area contributed by atoms with E-state index >= 15 is 0 Å². The average molecular weight is 204 g/mol. The first-order chi connectivity index (χ1) is 6.46. The highest BCUT2D eigenvalue weighted by molar-refractivity contribution is 5.80. The molecule has 3 N–H and O–H groups in total. The number of rotatable bonds is 6. The fourth-order valence-electron chi connectivity index (χ4n) is 0.876. The van der Waals surface area contributed by atoms with Gasteiger partial charge in [-0.25, -0.2) is 5.84 Å². The van der Waals surface area contributed by atoms with Gasteiger partial charge in [-0.1, -0.05) is 6.92 Å². The lowest BCUT2D eigenvalue weighted by Crippen LogP contribution is -2.46. The number of nitrogens with one attached hydrogen (secondary N) is 1. The Kier molecular flexibility index (Phi) is 5.68. The molecule has 5 nitrogen and oxygen atoms in total. The predicted molar refractivity (Wildman–Crippen MR) is 53.4 cm³/mol. The molecule has 0 spiro atoms. The number of amides is 1. The Morgan fingerprint density at radius 2 is 2.14 bits per heavy atom. The van der Waals surface area contributed by atoms with Gasteiger partial charge >= 0.3 is 0 Å². The van der Waals surface area contributed by atoms with E-state index in [1.165, 1.54) is 7.11 Å². The molecule has 0 radical (unpaired) electrons. The van der Waals surface area contributed by atoms with Crippen LogP contribution in [0.1, 0.15) is 27.2 Å². The number of carbonyl (C=O) groups is 1. The Hall–Kier alpha value is -0.650. The minimum absolute atomic E-state index is 0.201. The molecule has 0 aromatic heterocycles. The fraction of sp³-hybridized carbons (Fsp3) is 0.889. The van der Waals surface area contributed by atoms with Crippen LogP contribution in [0.2, 0.25) is 0 Å². The smallest absolute Gasteiger partial charge is 0.265 e. The maximum atomic E-state index is 11.3. The summed E-state index contributed by atoms with van der Waals surface area (Å²) in [5.41, 5.74) is 1.70.